The van der Waals surface area contributed by atoms with E-state index in [-0.39, 0.29) is 11.3 Å². The van der Waals surface area contributed by atoms with Gasteiger partial charge in [0.25, 0.3) is 11.5 Å². The van der Waals surface area contributed by atoms with Crippen molar-refractivity contribution in [1.82, 2.24) is 0 Å². The van der Waals surface area contributed by atoms with Crippen molar-refractivity contribution in [2.24, 2.45) is 0 Å². The Balaban J connectivity index is 2.28. The van der Waals surface area contributed by atoms with Gasteiger partial charge in [0.05, 0.1) is 4.92 Å². The Hall–Kier alpha value is -2.42. The minimum Gasteiger partial charge on any atom is -0.419 e. The third kappa shape index (κ3) is 3.67. The molecule has 1 fully saturated rings. The van der Waals surface area contributed by atoms with Crippen molar-refractivity contribution in [3.63, 3.8) is 0 Å². The second-order valence-electron chi connectivity index (χ2n) is 5.24. The molecule has 0 radical (unpaired) electrons. The van der Waals surface area contributed by atoms with Crippen LogP contribution in [0.2, 0.25) is 0 Å². The normalized spacial score (nSPS) is 16.4. The van der Waals surface area contributed by atoms with Crippen LogP contribution in [-0.4, -0.2) is 22.6 Å². The molecule has 0 aromatic heterocycles. The van der Waals surface area contributed by atoms with Crippen LogP contribution in [-0.2, 0) is 19.1 Å². The molecule has 122 valence electrons. The lowest BCUT2D eigenvalue weighted by atomic mass is 10.2. The van der Waals surface area contributed by atoms with Crippen LogP contribution < -0.4 is 5.32 Å². The molecule has 1 heterocycles. The topological polar surface area (TPSA) is 108 Å². The maximum Gasteiger partial charge on any atom is 0.350 e. The van der Waals surface area contributed by atoms with E-state index in [1.54, 1.807) is 13.0 Å². The molecule has 1 aliphatic rings. The number of benzene rings is 1. The summed E-state index contributed by atoms with van der Waals surface area (Å²) in [7, 11) is 0. The van der Waals surface area contributed by atoms with Gasteiger partial charge in [0, 0.05) is 41.8 Å². The largest absolute Gasteiger partial charge is 0.419 e. The molecule has 0 saturated carbocycles. The number of nitrogens with one attached hydrogen (secondary N) is 1. The van der Waals surface area contributed by atoms with E-state index < -0.39 is 22.6 Å². The zero-order valence-electron chi connectivity index (χ0n) is 12.5. The summed E-state index contributed by atoms with van der Waals surface area (Å²) in [5, 5.41) is 13.7. The summed E-state index contributed by atoms with van der Waals surface area (Å²) in [5.74, 6) is -2.99. The maximum atomic E-state index is 11.8. The van der Waals surface area contributed by atoms with Crippen LogP contribution in [0.1, 0.15) is 19.4 Å². The van der Waals surface area contributed by atoms with Crippen LogP contribution in [0.3, 0.4) is 0 Å². The van der Waals surface area contributed by atoms with E-state index in [0.717, 1.165) is 6.20 Å². The zero-order chi connectivity index (χ0) is 17.4. The summed E-state index contributed by atoms with van der Waals surface area (Å²) < 4.78 is 10.4. The van der Waals surface area contributed by atoms with E-state index in [1.807, 2.05) is 0 Å². The number of rotatable bonds is 3. The van der Waals surface area contributed by atoms with Crippen molar-refractivity contribution < 1.29 is 24.0 Å². The van der Waals surface area contributed by atoms with Gasteiger partial charge in [-0.2, -0.15) is 0 Å². The highest BCUT2D eigenvalue weighted by molar-refractivity contribution is 9.10. The molecule has 23 heavy (non-hydrogen) atoms. The highest BCUT2D eigenvalue weighted by atomic mass is 79.9. The van der Waals surface area contributed by atoms with Gasteiger partial charge >= 0.3 is 11.9 Å². The summed E-state index contributed by atoms with van der Waals surface area (Å²) >= 11 is 3.22. The van der Waals surface area contributed by atoms with E-state index in [4.69, 9.17) is 9.47 Å². The molecule has 9 heteroatoms. The summed E-state index contributed by atoms with van der Waals surface area (Å²) in [6.07, 6.45) is 1.10. The predicted molar refractivity (Wildman–Crippen MR) is 83.5 cm³/mol. The van der Waals surface area contributed by atoms with Gasteiger partial charge in [-0.25, -0.2) is 9.59 Å². The summed E-state index contributed by atoms with van der Waals surface area (Å²) in [5.41, 5.74) is 0.359. The molecule has 0 spiro atoms. The Morgan fingerprint density at radius 1 is 1.26 bits per heavy atom. The second kappa shape index (κ2) is 5.99. The Labute approximate surface area is 139 Å². The number of cyclic esters (lactones) is 2. The molecular weight excluding hydrogens is 372 g/mol. The smallest absolute Gasteiger partial charge is 0.350 e. The summed E-state index contributed by atoms with van der Waals surface area (Å²) in [6, 6.07) is 2.88. The minimum absolute atomic E-state index is 0.102. The average Bonchev–Trinajstić information content (AvgIpc) is 2.39. The Bertz CT molecular complexity index is 719. The van der Waals surface area contributed by atoms with Crippen molar-refractivity contribution in [2.45, 2.75) is 26.6 Å². The van der Waals surface area contributed by atoms with Crippen LogP contribution in [0.25, 0.3) is 0 Å². The number of anilines is 1. The zero-order valence-corrected chi connectivity index (χ0v) is 14.1. The van der Waals surface area contributed by atoms with Crippen molar-refractivity contribution in [3.05, 3.63) is 44.1 Å². The summed E-state index contributed by atoms with van der Waals surface area (Å²) in [4.78, 5) is 34.1. The molecule has 1 aromatic carbocycles. The first-order chi connectivity index (χ1) is 10.6. The number of carbonyl (C=O) groups is 2. The van der Waals surface area contributed by atoms with E-state index >= 15 is 0 Å². The van der Waals surface area contributed by atoms with E-state index in [9.17, 15) is 19.7 Å². The highest BCUT2D eigenvalue weighted by Gasteiger charge is 2.38. The number of nitro benzene ring substituents is 1. The maximum absolute atomic E-state index is 11.8. The predicted octanol–water partition coefficient (Wildman–Crippen LogP) is 2.80. The fourth-order valence-electron chi connectivity index (χ4n) is 1.87. The molecule has 0 amide bonds. The van der Waals surface area contributed by atoms with Crippen molar-refractivity contribution in [3.8, 4) is 0 Å². The standard InChI is InChI=1S/C14H13BrN2O6/c1-7-10(15)4-8(5-11(7)17(20)21)16-6-9-12(18)22-14(2,3)23-13(9)19/h4-6,16H,1-3H3. The molecule has 1 aromatic rings. The fraction of sp³-hybridized carbons (Fsp3) is 0.286. The molecule has 1 N–H and O–H groups in total. The van der Waals surface area contributed by atoms with E-state index in [0.29, 0.717) is 15.7 Å². The number of esters is 2. The van der Waals surface area contributed by atoms with Crippen molar-refractivity contribution in [2.75, 3.05) is 5.32 Å². The Kier molecular flexibility index (Phi) is 4.42. The molecule has 1 aliphatic heterocycles. The monoisotopic (exact) mass is 384 g/mol. The van der Waals surface area contributed by atoms with Crippen LogP contribution >= 0.6 is 15.9 Å². The Morgan fingerprint density at radius 3 is 2.35 bits per heavy atom. The molecule has 0 bridgehead atoms. The molecule has 0 atom stereocenters. The summed E-state index contributed by atoms with van der Waals surface area (Å²) in [6.45, 7) is 4.48. The SMILES string of the molecule is Cc1c(Br)cc(NC=C2C(=O)OC(C)(C)OC2=O)cc1[N+](=O)[O-]. The first-order valence-corrected chi connectivity index (χ1v) is 7.28. The lowest BCUT2D eigenvalue weighted by Crippen LogP contribution is -2.42. The highest BCUT2D eigenvalue weighted by Crippen LogP contribution is 2.30. The average molecular weight is 385 g/mol. The third-order valence-electron chi connectivity index (χ3n) is 3.01. The number of ether oxygens (including phenoxy) is 2. The van der Waals surface area contributed by atoms with Gasteiger partial charge in [0.15, 0.2) is 5.57 Å². The van der Waals surface area contributed by atoms with Crippen LogP contribution in [0.4, 0.5) is 11.4 Å². The number of hydrogen-bond donors (Lipinski definition) is 1. The molecular formula is C14H13BrN2O6. The van der Waals surface area contributed by atoms with Crippen LogP contribution in [0.5, 0.6) is 0 Å². The Morgan fingerprint density at radius 2 is 1.83 bits per heavy atom. The number of halogens is 1. The fourth-order valence-corrected chi connectivity index (χ4v) is 2.32. The molecule has 0 unspecified atom stereocenters. The second-order valence-corrected chi connectivity index (χ2v) is 6.09. The molecule has 1 saturated heterocycles. The van der Waals surface area contributed by atoms with E-state index in [2.05, 4.69) is 21.2 Å². The van der Waals surface area contributed by atoms with Gasteiger partial charge < -0.3 is 14.8 Å². The van der Waals surface area contributed by atoms with Gasteiger partial charge in [-0.3, -0.25) is 10.1 Å². The number of nitro groups is 1. The van der Waals surface area contributed by atoms with E-state index in [1.165, 1.54) is 19.9 Å². The van der Waals surface area contributed by atoms with Gasteiger partial charge in [-0.05, 0) is 13.0 Å². The molecule has 8 nitrogen and oxygen atoms in total. The van der Waals surface area contributed by atoms with Crippen molar-refractivity contribution in [1.29, 1.82) is 0 Å². The van der Waals surface area contributed by atoms with Gasteiger partial charge in [-0.15, -0.1) is 0 Å². The number of hydrogen-bond acceptors (Lipinski definition) is 7. The lowest BCUT2D eigenvalue weighted by Gasteiger charge is -2.29. The lowest BCUT2D eigenvalue weighted by molar-refractivity contribution is -0.385. The number of carbonyl (C=O) groups excluding carboxylic acids is 2. The molecule has 0 aliphatic carbocycles. The van der Waals surface area contributed by atoms with Gasteiger partial charge in [0.1, 0.15) is 0 Å². The van der Waals surface area contributed by atoms with Gasteiger partial charge in [0.2, 0.25) is 0 Å². The first kappa shape index (κ1) is 16.9. The first-order valence-electron chi connectivity index (χ1n) is 6.48. The molecule has 2 rings (SSSR count). The van der Waals surface area contributed by atoms with Crippen LogP contribution in [0.15, 0.2) is 28.4 Å². The number of nitrogens with zero attached hydrogens (tertiary/aromatic N) is 1. The minimum atomic E-state index is -1.32. The third-order valence-corrected chi connectivity index (χ3v) is 3.84. The van der Waals surface area contributed by atoms with Gasteiger partial charge in [-0.1, -0.05) is 15.9 Å². The quantitative estimate of drug-likeness (QED) is 0.280. The van der Waals surface area contributed by atoms with Crippen molar-refractivity contribution >= 4 is 39.2 Å². The van der Waals surface area contributed by atoms with Crippen LogP contribution in [0, 0.1) is 17.0 Å².